The van der Waals surface area contributed by atoms with E-state index in [0.717, 1.165) is 15.7 Å². The van der Waals surface area contributed by atoms with Crippen molar-refractivity contribution in [1.82, 2.24) is 19.9 Å². The average Bonchev–Trinajstić information content (AvgIpc) is 2.56. The number of nitrogens with two attached hydrogens (primary N) is 1. The number of amides is 1. The summed E-state index contributed by atoms with van der Waals surface area (Å²) in [6, 6.07) is 5.52. The predicted molar refractivity (Wildman–Crippen MR) is 107 cm³/mol. The molecule has 8 nitrogen and oxygen atoms in total. The molecule has 140 valence electrons. The number of anilines is 3. The van der Waals surface area contributed by atoms with E-state index in [1.54, 1.807) is 4.90 Å². The minimum atomic E-state index is -0.198. The summed E-state index contributed by atoms with van der Waals surface area (Å²) in [5, 5.41) is 2.93. The lowest BCUT2D eigenvalue weighted by Crippen LogP contribution is -2.33. The zero-order valence-corrected chi connectivity index (χ0v) is 17.2. The third-order valence-corrected chi connectivity index (χ3v) is 4.44. The summed E-state index contributed by atoms with van der Waals surface area (Å²) in [6.45, 7) is 4.06. The molecule has 0 saturated carbocycles. The van der Waals surface area contributed by atoms with Gasteiger partial charge in [-0.15, -0.1) is 0 Å². The van der Waals surface area contributed by atoms with Gasteiger partial charge in [-0.25, -0.2) is 0 Å². The zero-order chi connectivity index (χ0) is 19.4. The molecular weight excluding hydrogens is 398 g/mol. The highest BCUT2D eigenvalue weighted by atomic mass is 79.9. The molecule has 0 bridgehead atoms. The highest BCUT2D eigenvalue weighted by Crippen LogP contribution is 2.21. The predicted octanol–water partition coefficient (Wildman–Crippen LogP) is 2.22. The molecule has 1 unspecified atom stereocenters. The number of likely N-dealkylation sites (N-methyl/N-ethyl adjacent to an activating group) is 1. The van der Waals surface area contributed by atoms with Crippen LogP contribution >= 0.6 is 15.9 Å². The van der Waals surface area contributed by atoms with Crippen LogP contribution in [-0.4, -0.2) is 53.4 Å². The second-order valence-electron chi connectivity index (χ2n) is 6.34. The van der Waals surface area contributed by atoms with Gasteiger partial charge < -0.3 is 16.0 Å². The van der Waals surface area contributed by atoms with Gasteiger partial charge in [-0.05, 0) is 44.7 Å². The molecule has 1 atom stereocenters. The van der Waals surface area contributed by atoms with Crippen LogP contribution in [0.25, 0.3) is 0 Å². The first kappa shape index (κ1) is 20.1. The molecule has 0 fully saturated rings. The van der Waals surface area contributed by atoms with E-state index in [9.17, 15) is 4.79 Å². The molecule has 0 spiro atoms. The van der Waals surface area contributed by atoms with Crippen LogP contribution in [-0.2, 0) is 4.79 Å². The van der Waals surface area contributed by atoms with Crippen molar-refractivity contribution in [3.05, 3.63) is 34.1 Å². The fourth-order valence-corrected chi connectivity index (χ4v) is 2.78. The molecule has 1 heterocycles. The molecule has 1 amide bonds. The molecular formula is C17H24BrN7O. The van der Waals surface area contributed by atoms with Crippen LogP contribution in [0.1, 0.15) is 24.4 Å². The Morgan fingerprint density at radius 3 is 2.58 bits per heavy atom. The summed E-state index contributed by atoms with van der Waals surface area (Å²) in [6.07, 6.45) is 0. The van der Waals surface area contributed by atoms with E-state index in [2.05, 4.69) is 36.2 Å². The Balaban J connectivity index is 2.06. The molecule has 0 radical (unpaired) electrons. The molecule has 0 aliphatic carbocycles. The number of hydrogen-bond acceptors (Lipinski definition) is 7. The van der Waals surface area contributed by atoms with Crippen LogP contribution in [0.2, 0.25) is 0 Å². The van der Waals surface area contributed by atoms with E-state index in [4.69, 9.17) is 5.73 Å². The average molecular weight is 422 g/mol. The Hall–Kier alpha value is -2.26. The maximum atomic E-state index is 12.4. The molecule has 0 aliphatic heterocycles. The Bertz CT molecular complexity index is 797. The van der Waals surface area contributed by atoms with E-state index < -0.39 is 0 Å². The monoisotopic (exact) mass is 421 g/mol. The van der Waals surface area contributed by atoms with Crippen LogP contribution < -0.4 is 16.0 Å². The maximum absolute atomic E-state index is 12.4. The first-order chi connectivity index (χ1) is 12.2. The van der Waals surface area contributed by atoms with E-state index in [1.165, 1.54) is 0 Å². The van der Waals surface area contributed by atoms with Gasteiger partial charge in [0.15, 0.2) is 5.82 Å². The van der Waals surface area contributed by atoms with Crippen molar-refractivity contribution in [3.63, 3.8) is 0 Å². The van der Waals surface area contributed by atoms with Gasteiger partial charge >= 0.3 is 0 Å². The van der Waals surface area contributed by atoms with Gasteiger partial charge in [0, 0.05) is 24.3 Å². The molecule has 2 aromatic rings. The van der Waals surface area contributed by atoms with Gasteiger partial charge in [-0.2, -0.15) is 15.0 Å². The second kappa shape index (κ2) is 8.41. The Labute approximate surface area is 162 Å². The first-order valence-electron chi connectivity index (χ1n) is 8.12. The van der Waals surface area contributed by atoms with Gasteiger partial charge in [0.1, 0.15) is 0 Å². The van der Waals surface area contributed by atoms with Gasteiger partial charge in [-0.1, -0.05) is 15.9 Å². The van der Waals surface area contributed by atoms with Crippen molar-refractivity contribution in [2.24, 2.45) is 0 Å². The van der Waals surface area contributed by atoms with Crippen molar-refractivity contribution < 1.29 is 4.79 Å². The Morgan fingerprint density at radius 2 is 1.96 bits per heavy atom. The normalized spacial score (nSPS) is 12.1. The topological polar surface area (TPSA) is 100 Å². The third-order valence-electron chi connectivity index (χ3n) is 3.95. The largest absolute Gasteiger partial charge is 0.368 e. The molecule has 9 heteroatoms. The van der Waals surface area contributed by atoms with Crippen LogP contribution in [0.15, 0.2) is 22.7 Å². The Morgan fingerprint density at radius 1 is 1.27 bits per heavy atom. The highest BCUT2D eigenvalue weighted by Gasteiger charge is 2.19. The molecule has 3 N–H and O–H groups in total. The van der Waals surface area contributed by atoms with Gasteiger partial charge in [-0.3, -0.25) is 9.69 Å². The van der Waals surface area contributed by atoms with Crippen molar-refractivity contribution in [2.45, 2.75) is 19.9 Å². The quantitative estimate of drug-likeness (QED) is 0.736. The Kier molecular flexibility index (Phi) is 6.49. The second-order valence-corrected chi connectivity index (χ2v) is 7.26. The molecule has 26 heavy (non-hydrogen) atoms. The van der Waals surface area contributed by atoms with Crippen LogP contribution in [0.3, 0.4) is 0 Å². The maximum Gasteiger partial charge on any atom is 0.238 e. The molecule has 2 rings (SSSR count). The number of rotatable bonds is 6. The van der Waals surface area contributed by atoms with Crippen molar-refractivity contribution in [2.75, 3.05) is 43.6 Å². The van der Waals surface area contributed by atoms with E-state index in [0.29, 0.717) is 11.8 Å². The number of nitrogen functional groups attached to an aromatic ring is 1. The fraction of sp³-hybridized carbons (Fsp3) is 0.412. The molecule has 1 aromatic heterocycles. The molecule has 0 aliphatic rings. The smallest absolute Gasteiger partial charge is 0.238 e. The fourth-order valence-electron chi connectivity index (χ4n) is 2.30. The van der Waals surface area contributed by atoms with Crippen molar-refractivity contribution in [1.29, 1.82) is 0 Å². The first-order valence-corrected chi connectivity index (χ1v) is 8.91. The number of benzene rings is 1. The summed E-state index contributed by atoms with van der Waals surface area (Å²) in [7, 11) is 5.51. The number of carbonyl (C=O) groups excluding carboxylic acids is 1. The number of hydrogen-bond donors (Lipinski definition) is 2. The van der Waals surface area contributed by atoms with E-state index in [1.807, 2.05) is 58.1 Å². The standard InChI is InChI=1S/C17H24BrN7O/c1-10-8-12(18)6-7-13(10)20-14(26)9-25(5)11(2)15-21-16(19)23-17(22-15)24(3)4/h6-8,11H,9H2,1-5H3,(H,20,26)(H2,19,21,22,23). The van der Waals surface area contributed by atoms with E-state index >= 15 is 0 Å². The van der Waals surface area contributed by atoms with Gasteiger partial charge in [0.25, 0.3) is 0 Å². The number of carbonyl (C=O) groups is 1. The summed E-state index contributed by atoms with van der Waals surface area (Å²) in [5.41, 5.74) is 7.56. The molecule has 1 aromatic carbocycles. The van der Waals surface area contributed by atoms with Gasteiger partial charge in [0.05, 0.1) is 12.6 Å². The number of nitrogens with one attached hydrogen (secondary N) is 1. The number of nitrogens with zero attached hydrogens (tertiary/aromatic N) is 5. The van der Waals surface area contributed by atoms with Gasteiger partial charge in [0.2, 0.25) is 17.8 Å². The zero-order valence-electron chi connectivity index (χ0n) is 15.6. The van der Waals surface area contributed by atoms with Crippen LogP contribution in [0, 0.1) is 6.92 Å². The summed E-state index contributed by atoms with van der Waals surface area (Å²) >= 11 is 3.42. The lowest BCUT2D eigenvalue weighted by Gasteiger charge is -2.24. The third kappa shape index (κ3) is 5.12. The number of aromatic nitrogens is 3. The number of aryl methyl sites for hydroxylation is 1. The summed E-state index contributed by atoms with van der Waals surface area (Å²) in [4.78, 5) is 28.7. The summed E-state index contributed by atoms with van der Waals surface area (Å²) in [5.74, 6) is 1.06. The summed E-state index contributed by atoms with van der Waals surface area (Å²) < 4.78 is 0.975. The lowest BCUT2D eigenvalue weighted by atomic mass is 10.2. The van der Waals surface area contributed by atoms with Crippen LogP contribution in [0.4, 0.5) is 17.6 Å². The highest BCUT2D eigenvalue weighted by molar-refractivity contribution is 9.10. The SMILES string of the molecule is Cc1cc(Br)ccc1NC(=O)CN(C)C(C)c1nc(N)nc(N(C)C)n1. The van der Waals surface area contributed by atoms with Crippen molar-refractivity contribution in [3.8, 4) is 0 Å². The van der Waals surface area contributed by atoms with Crippen LogP contribution in [0.5, 0.6) is 0 Å². The number of halogens is 1. The van der Waals surface area contributed by atoms with Crippen molar-refractivity contribution >= 4 is 39.4 Å². The minimum absolute atomic E-state index is 0.111. The molecule has 0 saturated heterocycles. The lowest BCUT2D eigenvalue weighted by molar-refractivity contribution is -0.117. The minimum Gasteiger partial charge on any atom is -0.368 e. The van der Waals surface area contributed by atoms with E-state index in [-0.39, 0.29) is 24.4 Å².